The second-order valence-corrected chi connectivity index (χ2v) is 6.02. The molecule has 0 aliphatic carbocycles. The molecule has 2 unspecified atom stereocenters. The molecule has 0 radical (unpaired) electrons. The summed E-state index contributed by atoms with van der Waals surface area (Å²) >= 11 is 0. The summed E-state index contributed by atoms with van der Waals surface area (Å²) in [7, 11) is 0. The van der Waals surface area contributed by atoms with E-state index in [2.05, 4.69) is 34.4 Å². The number of pyridine rings is 1. The van der Waals surface area contributed by atoms with Crippen LogP contribution in [0.2, 0.25) is 0 Å². The Morgan fingerprint density at radius 1 is 1.30 bits per heavy atom. The third-order valence-electron chi connectivity index (χ3n) is 4.60. The maximum absolute atomic E-state index is 4.73. The van der Waals surface area contributed by atoms with Gasteiger partial charge in [0.25, 0.3) is 0 Å². The Morgan fingerprint density at radius 2 is 2.25 bits per heavy atom. The molecule has 2 aliphatic rings. The largest absolute Gasteiger partial charge is 0.335 e. The summed E-state index contributed by atoms with van der Waals surface area (Å²) in [4.78, 5) is 7.14. The first-order chi connectivity index (χ1) is 9.81. The van der Waals surface area contributed by atoms with Crippen LogP contribution in [0.1, 0.15) is 31.2 Å². The third kappa shape index (κ3) is 1.97. The SMILES string of the molecule is Cc1ccn2nc(N3CCCC3C3CCCN3)nc2c1. The van der Waals surface area contributed by atoms with Crippen molar-refractivity contribution in [2.75, 3.05) is 18.0 Å². The van der Waals surface area contributed by atoms with Crippen molar-refractivity contribution in [1.82, 2.24) is 19.9 Å². The Labute approximate surface area is 119 Å². The Bertz CT molecular complexity index is 614. The topological polar surface area (TPSA) is 45.5 Å². The Kier molecular flexibility index (Phi) is 2.88. The van der Waals surface area contributed by atoms with Crippen molar-refractivity contribution in [3.8, 4) is 0 Å². The van der Waals surface area contributed by atoms with Gasteiger partial charge in [-0.15, -0.1) is 5.10 Å². The highest BCUT2D eigenvalue weighted by atomic mass is 15.4. The molecule has 4 heterocycles. The van der Waals surface area contributed by atoms with Gasteiger partial charge in [-0.3, -0.25) is 0 Å². The number of hydrogen-bond acceptors (Lipinski definition) is 4. The zero-order valence-electron chi connectivity index (χ0n) is 11.9. The molecule has 2 saturated heterocycles. The molecule has 2 aliphatic heterocycles. The first-order valence-corrected chi connectivity index (χ1v) is 7.64. The lowest BCUT2D eigenvalue weighted by Gasteiger charge is -2.28. The normalized spacial score (nSPS) is 26.8. The van der Waals surface area contributed by atoms with Crippen molar-refractivity contribution in [2.24, 2.45) is 0 Å². The Morgan fingerprint density at radius 3 is 3.10 bits per heavy atom. The minimum absolute atomic E-state index is 0.566. The molecular formula is C15H21N5. The maximum atomic E-state index is 4.73. The number of hydrogen-bond donors (Lipinski definition) is 1. The van der Waals surface area contributed by atoms with Crippen LogP contribution in [-0.4, -0.2) is 39.8 Å². The highest BCUT2D eigenvalue weighted by Crippen LogP contribution is 2.28. The van der Waals surface area contributed by atoms with Gasteiger partial charge in [0, 0.05) is 24.8 Å². The molecule has 2 atom stereocenters. The molecule has 0 aromatic carbocycles. The lowest BCUT2D eigenvalue weighted by atomic mass is 10.0. The van der Waals surface area contributed by atoms with Crippen molar-refractivity contribution >= 4 is 11.6 Å². The number of anilines is 1. The molecule has 0 bridgehead atoms. The van der Waals surface area contributed by atoms with Crippen molar-refractivity contribution in [3.05, 3.63) is 23.9 Å². The van der Waals surface area contributed by atoms with Gasteiger partial charge < -0.3 is 10.2 Å². The van der Waals surface area contributed by atoms with Crippen LogP contribution in [0, 0.1) is 6.92 Å². The van der Waals surface area contributed by atoms with Crippen LogP contribution in [-0.2, 0) is 0 Å². The maximum Gasteiger partial charge on any atom is 0.245 e. The molecule has 0 amide bonds. The zero-order valence-corrected chi connectivity index (χ0v) is 11.9. The highest BCUT2D eigenvalue weighted by molar-refractivity contribution is 5.47. The molecule has 106 valence electrons. The van der Waals surface area contributed by atoms with Crippen LogP contribution in [0.5, 0.6) is 0 Å². The highest BCUT2D eigenvalue weighted by Gasteiger charge is 2.35. The lowest BCUT2D eigenvalue weighted by molar-refractivity contribution is 0.479. The van der Waals surface area contributed by atoms with Crippen LogP contribution >= 0.6 is 0 Å². The molecule has 5 nitrogen and oxygen atoms in total. The molecule has 0 saturated carbocycles. The summed E-state index contributed by atoms with van der Waals surface area (Å²) < 4.78 is 1.89. The molecule has 2 aromatic rings. The molecule has 2 fully saturated rings. The second kappa shape index (κ2) is 4.74. The summed E-state index contributed by atoms with van der Waals surface area (Å²) in [5.74, 6) is 0.895. The predicted octanol–water partition coefficient (Wildman–Crippen LogP) is 1.76. The summed E-state index contributed by atoms with van der Waals surface area (Å²) in [6.45, 7) is 4.33. The number of aromatic nitrogens is 3. The molecular weight excluding hydrogens is 250 g/mol. The fourth-order valence-electron chi connectivity index (χ4n) is 3.59. The van der Waals surface area contributed by atoms with E-state index in [0.717, 1.165) is 24.7 Å². The van der Waals surface area contributed by atoms with Gasteiger partial charge in [0.1, 0.15) is 0 Å². The van der Waals surface area contributed by atoms with E-state index in [0.29, 0.717) is 12.1 Å². The molecule has 0 spiro atoms. The fraction of sp³-hybridized carbons (Fsp3) is 0.600. The van der Waals surface area contributed by atoms with E-state index in [9.17, 15) is 0 Å². The first kappa shape index (κ1) is 12.1. The van der Waals surface area contributed by atoms with E-state index in [1.54, 1.807) is 0 Å². The summed E-state index contributed by atoms with van der Waals surface area (Å²) in [5.41, 5.74) is 2.18. The first-order valence-electron chi connectivity index (χ1n) is 7.64. The average molecular weight is 271 g/mol. The van der Waals surface area contributed by atoms with E-state index in [1.165, 1.54) is 31.2 Å². The lowest BCUT2D eigenvalue weighted by Crippen LogP contribution is -2.44. The van der Waals surface area contributed by atoms with Crippen LogP contribution < -0.4 is 10.2 Å². The van der Waals surface area contributed by atoms with Gasteiger partial charge in [0.15, 0.2) is 5.65 Å². The van der Waals surface area contributed by atoms with Gasteiger partial charge >= 0.3 is 0 Å². The van der Waals surface area contributed by atoms with Crippen LogP contribution in [0.15, 0.2) is 18.3 Å². The molecule has 20 heavy (non-hydrogen) atoms. The molecule has 1 N–H and O–H groups in total. The second-order valence-electron chi connectivity index (χ2n) is 6.02. The van der Waals surface area contributed by atoms with E-state index >= 15 is 0 Å². The summed E-state index contributed by atoms with van der Waals surface area (Å²) in [6, 6.07) is 5.35. The van der Waals surface area contributed by atoms with Gasteiger partial charge in [-0.1, -0.05) is 0 Å². The van der Waals surface area contributed by atoms with E-state index < -0.39 is 0 Å². The standard InChI is InChI=1S/C15H21N5/c1-11-6-9-20-14(10-11)17-15(18-20)19-8-3-5-13(19)12-4-2-7-16-12/h6,9-10,12-13,16H,2-5,7-8H2,1H3. The van der Waals surface area contributed by atoms with Gasteiger partial charge in [0.05, 0.1) is 0 Å². The number of rotatable bonds is 2. The fourth-order valence-corrected chi connectivity index (χ4v) is 3.59. The quantitative estimate of drug-likeness (QED) is 0.904. The number of nitrogens with one attached hydrogen (secondary N) is 1. The van der Waals surface area contributed by atoms with Crippen molar-refractivity contribution < 1.29 is 0 Å². The summed E-state index contributed by atoms with van der Waals surface area (Å²) in [5, 5.41) is 8.30. The van der Waals surface area contributed by atoms with E-state index in [1.807, 2.05) is 10.7 Å². The monoisotopic (exact) mass is 271 g/mol. The van der Waals surface area contributed by atoms with Gasteiger partial charge in [0.2, 0.25) is 5.95 Å². The van der Waals surface area contributed by atoms with Crippen LogP contribution in [0.4, 0.5) is 5.95 Å². The smallest absolute Gasteiger partial charge is 0.245 e. The predicted molar refractivity (Wildman–Crippen MR) is 79.1 cm³/mol. The van der Waals surface area contributed by atoms with Crippen molar-refractivity contribution in [2.45, 2.75) is 44.7 Å². The van der Waals surface area contributed by atoms with Crippen LogP contribution in [0.25, 0.3) is 5.65 Å². The molecule has 4 rings (SSSR count). The average Bonchev–Trinajstić information content (AvgIpc) is 3.17. The number of nitrogens with zero attached hydrogens (tertiary/aromatic N) is 4. The van der Waals surface area contributed by atoms with Gasteiger partial charge in [-0.25, -0.2) is 4.52 Å². The molecule has 5 heteroatoms. The number of aryl methyl sites for hydroxylation is 1. The Balaban J connectivity index is 1.66. The van der Waals surface area contributed by atoms with Gasteiger partial charge in [-0.05, 0) is 56.8 Å². The minimum atomic E-state index is 0.566. The number of fused-ring (bicyclic) bond motifs is 1. The minimum Gasteiger partial charge on any atom is -0.335 e. The van der Waals surface area contributed by atoms with E-state index in [-0.39, 0.29) is 0 Å². The summed E-state index contributed by atoms with van der Waals surface area (Å²) in [6.07, 6.45) is 7.09. The molecule has 2 aromatic heterocycles. The zero-order chi connectivity index (χ0) is 13.5. The van der Waals surface area contributed by atoms with Crippen molar-refractivity contribution in [1.29, 1.82) is 0 Å². The van der Waals surface area contributed by atoms with E-state index in [4.69, 9.17) is 4.98 Å². The van der Waals surface area contributed by atoms with Crippen LogP contribution in [0.3, 0.4) is 0 Å². The third-order valence-corrected chi connectivity index (χ3v) is 4.60. The van der Waals surface area contributed by atoms with Crippen molar-refractivity contribution in [3.63, 3.8) is 0 Å². The van der Waals surface area contributed by atoms with Gasteiger partial charge in [-0.2, -0.15) is 4.98 Å². The Hall–Kier alpha value is -1.62.